The van der Waals surface area contributed by atoms with Crippen molar-refractivity contribution in [3.8, 4) is 5.88 Å². The van der Waals surface area contributed by atoms with Crippen LogP contribution in [0.2, 0.25) is 0 Å². The van der Waals surface area contributed by atoms with Crippen molar-refractivity contribution in [2.24, 2.45) is 0 Å². The molecule has 1 atom stereocenters. The number of aliphatic carboxylic acids is 1. The van der Waals surface area contributed by atoms with Crippen LogP contribution in [0.25, 0.3) is 0 Å². The number of benzene rings is 1. The molecule has 0 aliphatic heterocycles. The van der Waals surface area contributed by atoms with Crippen molar-refractivity contribution in [2.45, 2.75) is 13.0 Å². The molecule has 0 fully saturated rings. The second kappa shape index (κ2) is 5.84. The average molecular weight is 322 g/mol. The number of ether oxygens (including phenoxy) is 1. The molecule has 1 aromatic heterocycles. The summed E-state index contributed by atoms with van der Waals surface area (Å²) in [6, 6.07) is 10.6. The van der Waals surface area contributed by atoms with E-state index >= 15 is 0 Å². The fraction of sp³-hybridized carbons (Fsp3) is 0.143. The summed E-state index contributed by atoms with van der Waals surface area (Å²) in [7, 11) is 0. The molecule has 1 N–H and O–H groups in total. The standard InChI is InChI=1S/C14H12BrNO3/c1-9-7-11(15)8-16-13(9)19-12(14(17)18)10-5-3-2-4-6-10/h2-8,12H,1H3,(H,17,18). The fourth-order valence-corrected chi connectivity index (χ4v) is 2.10. The molecule has 0 saturated carbocycles. The summed E-state index contributed by atoms with van der Waals surface area (Å²) in [5.41, 5.74) is 1.36. The first kappa shape index (κ1) is 13.5. The Morgan fingerprint density at radius 2 is 2.05 bits per heavy atom. The summed E-state index contributed by atoms with van der Waals surface area (Å²) in [6.45, 7) is 1.82. The maximum atomic E-state index is 11.3. The molecule has 98 valence electrons. The maximum Gasteiger partial charge on any atom is 0.349 e. The number of carboxylic acid groups (broad SMARTS) is 1. The van der Waals surface area contributed by atoms with Crippen LogP contribution < -0.4 is 4.74 Å². The zero-order valence-electron chi connectivity index (χ0n) is 10.2. The number of hydrogen-bond acceptors (Lipinski definition) is 3. The largest absolute Gasteiger partial charge is 0.478 e. The summed E-state index contributed by atoms with van der Waals surface area (Å²) in [5, 5.41) is 9.27. The highest BCUT2D eigenvalue weighted by molar-refractivity contribution is 9.10. The third kappa shape index (κ3) is 3.32. The number of carboxylic acids is 1. The average Bonchev–Trinajstić information content (AvgIpc) is 2.38. The van der Waals surface area contributed by atoms with Crippen molar-refractivity contribution >= 4 is 21.9 Å². The van der Waals surface area contributed by atoms with Crippen LogP contribution in [0.15, 0.2) is 47.1 Å². The third-order valence-corrected chi connectivity index (χ3v) is 2.99. The van der Waals surface area contributed by atoms with Gasteiger partial charge in [0.2, 0.25) is 12.0 Å². The number of rotatable bonds is 4. The van der Waals surface area contributed by atoms with Crippen LogP contribution in [0, 0.1) is 6.92 Å². The van der Waals surface area contributed by atoms with E-state index in [-0.39, 0.29) is 0 Å². The number of aromatic nitrogens is 1. The zero-order valence-corrected chi connectivity index (χ0v) is 11.8. The summed E-state index contributed by atoms with van der Waals surface area (Å²) in [5.74, 6) is -0.727. The van der Waals surface area contributed by atoms with E-state index in [9.17, 15) is 9.90 Å². The number of pyridine rings is 1. The van der Waals surface area contributed by atoms with E-state index in [1.54, 1.807) is 30.5 Å². The van der Waals surface area contributed by atoms with Gasteiger partial charge in [0, 0.05) is 21.8 Å². The zero-order chi connectivity index (χ0) is 13.8. The van der Waals surface area contributed by atoms with Crippen LogP contribution in [0.1, 0.15) is 17.2 Å². The molecule has 0 aliphatic carbocycles. The fourth-order valence-electron chi connectivity index (χ4n) is 1.65. The van der Waals surface area contributed by atoms with Crippen molar-refractivity contribution < 1.29 is 14.6 Å². The van der Waals surface area contributed by atoms with E-state index in [0.717, 1.165) is 10.0 Å². The molecular formula is C14H12BrNO3. The van der Waals surface area contributed by atoms with Gasteiger partial charge in [0.05, 0.1) is 0 Å². The predicted molar refractivity (Wildman–Crippen MR) is 74.1 cm³/mol. The summed E-state index contributed by atoms with van der Waals surface area (Å²) in [6.07, 6.45) is 0.514. The minimum absolute atomic E-state index is 0.319. The lowest BCUT2D eigenvalue weighted by molar-refractivity contribution is -0.145. The molecule has 0 amide bonds. The van der Waals surface area contributed by atoms with Gasteiger partial charge < -0.3 is 9.84 Å². The van der Waals surface area contributed by atoms with E-state index in [4.69, 9.17) is 4.74 Å². The van der Waals surface area contributed by atoms with Crippen LogP contribution in [-0.2, 0) is 4.79 Å². The normalized spacial score (nSPS) is 11.9. The SMILES string of the molecule is Cc1cc(Br)cnc1OC(C(=O)O)c1ccccc1. The molecule has 1 heterocycles. The Morgan fingerprint density at radius 3 is 2.63 bits per heavy atom. The quantitative estimate of drug-likeness (QED) is 0.938. The Morgan fingerprint density at radius 1 is 1.37 bits per heavy atom. The maximum absolute atomic E-state index is 11.3. The van der Waals surface area contributed by atoms with E-state index in [1.807, 2.05) is 19.1 Å². The van der Waals surface area contributed by atoms with Gasteiger partial charge in [-0.3, -0.25) is 0 Å². The lowest BCUT2D eigenvalue weighted by atomic mass is 10.1. The molecule has 2 aromatic rings. The number of carbonyl (C=O) groups is 1. The number of aryl methyl sites for hydroxylation is 1. The molecule has 0 spiro atoms. The minimum atomic E-state index is -1.06. The van der Waals surface area contributed by atoms with Gasteiger partial charge in [-0.1, -0.05) is 30.3 Å². The van der Waals surface area contributed by atoms with Crippen LogP contribution in [0.5, 0.6) is 5.88 Å². The van der Waals surface area contributed by atoms with Crippen molar-refractivity contribution in [3.63, 3.8) is 0 Å². The van der Waals surface area contributed by atoms with Crippen LogP contribution >= 0.6 is 15.9 Å². The highest BCUT2D eigenvalue weighted by Gasteiger charge is 2.22. The Kier molecular flexibility index (Phi) is 4.16. The van der Waals surface area contributed by atoms with Crippen LogP contribution in [0.4, 0.5) is 0 Å². The molecule has 5 heteroatoms. The highest BCUT2D eigenvalue weighted by atomic mass is 79.9. The highest BCUT2D eigenvalue weighted by Crippen LogP contribution is 2.25. The smallest absolute Gasteiger partial charge is 0.349 e. The van der Waals surface area contributed by atoms with Gasteiger partial charge >= 0.3 is 5.97 Å². The van der Waals surface area contributed by atoms with E-state index < -0.39 is 12.1 Å². The van der Waals surface area contributed by atoms with Crippen molar-refractivity contribution in [3.05, 3.63) is 58.2 Å². The predicted octanol–water partition coefficient (Wildman–Crippen LogP) is 3.36. The van der Waals surface area contributed by atoms with Gasteiger partial charge in [0.15, 0.2) is 0 Å². The van der Waals surface area contributed by atoms with Crippen molar-refractivity contribution in [1.82, 2.24) is 4.98 Å². The first-order chi connectivity index (χ1) is 9.08. The molecule has 1 aromatic carbocycles. The van der Waals surface area contributed by atoms with E-state index in [1.165, 1.54) is 0 Å². The third-order valence-electron chi connectivity index (χ3n) is 2.55. The Bertz CT molecular complexity index is 586. The van der Waals surface area contributed by atoms with Crippen molar-refractivity contribution in [2.75, 3.05) is 0 Å². The minimum Gasteiger partial charge on any atom is -0.478 e. The van der Waals surface area contributed by atoms with Gasteiger partial charge in [-0.2, -0.15) is 0 Å². The Balaban J connectivity index is 2.29. The van der Waals surface area contributed by atoms with Crippen LogP contribution in [0.3, 0.4) is 0 Å². The molecular weight excluding hydrogens is 310 g/mol. The monoisotopic (exact) mass is 321 g/mol. The van der Waals surface area contributed by atoms with E-state index in [0.29, 0.717) is 11.4 Å². The summed E-state index contributed by atoms with van der Waals surface area (Å²) < 4.78 is 6.34. The molecule has 2 rings (SSSR count). The molecule has 0 radical (unpaired) electrons. The summed E-state index contributed by atoms with van der Waals surface area (Å²) >= 11 is 3.30. The van der Waals surface area contributed by atoms with Gasteiger partial charge in [0.1, 0.15) is 0 Å². The Labute approximate surface area is 119 Å². The molecule has 0 saturated heterocycles. The summed E-state index contributed by atoms with van der Waals surface area (Å²) in [4.78, 5) is 15.4. The molecule has 0 bridgehead atoms. The first-order valence-corrected chi connectivity index (χ1v) is 6.44. The van der Waals surface area contributed by atoms with Crippen LogP contribution in [-0.4, -0.2) is 16.1 Å². The lowest BCUT2D eigenvalue weighted by Gasteiger charge is -2.16. The second-order valence-corrected chi connectivity index (χ2v) is 4.94. The van der Waals surface area contributed by atoms with Gasteiger partial charge in [-0.15, -0.1) is 0 Å². The molecule has 0 aliphatic rings. The number of nitrogens with zero attached hydrogens (tertiary/aromatic N) is 1. The van der Waals surface area contributed by atoms with Gasteiger partial charge in [-0.05, 0) is 28.9 Å². The van der Waals surface area contributed by atoms with Crippen molar-refractivity contribution in [1.29, 1.82) is 0 Å². The van der Waals surface area contributed by atoms with Gasteiger partial charge in [0.25, 0.3) is 0 Å². The number of halogens is 1. The topological polar surface area (TPSA) is 59.4 Å². The lowest BCUT2D eigenvalue weighted by Crippen LogP contribution is -2.19. The molecule has 4 nitrogen and oxygen atoms in total. The molecule has 19 heavy (non-hydrogen) atoms. The van der Waals surface area contributed by atoms with Gasteiger partial charge in [-0.25, -0.2) is 9.78 Å². The Hall–Kier alpha value is -1.88. The molecule has 1 unspecified atom stereocenters. The van der Waals surface area contributed by atoms with E-state index in [2.05, 4.69) is 20.9 Å². The first-order valence-electron chi connectivity index (χ1n) is 5.64. The number of hydrogen-bond donors (Lipinski definition) is 1. The second-order valence-electron chi connectivity index (χ2n) is 4.02.